The normalized spacial score (nSPS) is 14.0. The number of hydrogen-bond donors (Lipinski definition) is 0. The van der Waals surface area contributed by atoms with E-state index in [1.54, 1.807) is 12.1 Å². The Bertz CT molecular complexity index is 1310. The van der Waals surface area contributed by atoms with Crippen LogP contribution in [0.2, 0.25) is 5.02 Å². The molecule has 4 rings (SSSR count). The minimum atomic E-state index is -0.991. The lowest BCUT2D eigenvalue weighted by atomic mass is 10.1. The van der Waals surface area contributed by atoms with Crippen LogP contribution in [0.1, 0.15) is 12.8 Å². The van der Waals surface area contributed by atoms with Crippen molar-refractivity contribution in [3.63, 3.8) is 0 Å². The molecule has 2 heterocycles. The second-order valence-electron chi connectivity index (χ2n) is 6.47. The molecule has 0 saturated carbocycles. The molecule has 0 radical (unpaired) electrons. The van der Waals surface area contributed by atoms with Crippen molar-refractivity contribution in [2.24, 2.45) is 0 Å². The Morgan fingerprint density at radius 3 is 2.28 bits per heavy atom. The van der Waals surface area contributed by atoms with E-state index in [2.05, 4.69) is 0 Å². The zero-order valence-electron chi connectivity index (χ0n) is 14.9. The largest absolute Gasteiger partial charge is 0.352 e. The van der Waals surface area contributed by atoms with E-state index in [-0.39, 0.29) is 34.5 Å². The highest BCUT2D eigenvalue weighted by Gasteiger charge is 2.33. The predicted octanol–water partition coefficient (Wildman–Crippen LogP) is 1.78. The minimum Gasteiger partial charge on any atom is -0.328 e. The van der Waals surface area contributed by atoms with Gasteiger partial charge in [-0.2, -0.15) is 0 Å². The van der Waals surface area contributed by atoms with E-state index < -0.39 is 35.3 Å². The molecule has 1 fully saturated rings. The highest BCUT2D eigenvalue weighted by Crippen LogP contribution is 2.18. The Kier molecular flexibility index (Phi) is 4.63. The van der Waals surface area contributed by atoms with Gasteiger partial charge in [0.1, 0.15) is 6.54 Å². The molecule has 1 saturated heterocycles. The second-order valence-corrected chi connectivity index (χ2v) is 6.91. The van der Waals surface area contributed by atoms with Crippen LogP contribution in [0.5, 0.6) is 0 Å². The maximum Gasteiger partial charge on any atom is 0.352 e. The van der Waals surface area contributed by atoms with E-state index in [1.807, 2.05) is 0 Å². The Morgan fingerprint density at radius 1 is 0.931 bits per heavy atom. The molecular formula is C20H13ClN2O6. The zero-order valence-corrected chi connectivity index (χ0v) is 15.6. The first kappa shape index (κ1) is 18.8. The first-order chi connectivity index (χ1) is 13.9. The maximum atomic E-state index is 13.1. The van der Waals surface area contributed by atoms with Gasteiger partial charge in [-0.15, -0.1) is 5.06 Å². The molecule has 1 aromatic heterocycles. The van der Waals surface area contributed by atoms with Gasteiger partial charge in [0.05, 0.1) is 10.9 Å². The van der Waals surface area contributed by atoms with Crippen LogP contribution in [0.15, 0.2) is 52.1 Å². The predicted molar refractivity (Wildman–Crippen MR) is 104 cm³/mol. The number of carbonyl (C=O) groups is 3. The molecule has 9 heteroatoms. The molecule has 146 valence electrons. The number of carbonyl (C=O) groups excluding carboxylic acids is 3. The first-order valence-corrected chi connectivity index (χ1v) is 9.06. The average Bonchev–Trinajstić information content (AvgIpc) is 2.99. The fraction of sp³-hybridized carbons (Fsp3) is 0.150. The van der Waals surface area contributed by atoms with E-state index in [1.165, 1.54) is 30.3 Å². The summed E-state index contributed by atoms with van der Waals surface area (Å²) in [7, 11) is 0. The molecule has 1 aliphatic rings. The summed E-state index contributed by atoms with van der Waals surface area (Å²) in [5, 5.41) is 1.15. The van der Waals surface area contributed by atoms with Crippen LogP contribution in [0.25, 0.3) is 21.7 Å². The topological polar surface area (TPSA) is 103 Å². The average molecular weight is 413 g/mol. The third kappa shape index (κ3) is 3.27. The molecule has 0 aliphatic carbocycles. The summed E-state index contributed by atoms with van der Waals surface area (Å²) in [5.41, 5.74) is -0.824. The molecule has 2 amide bonds. The number of amides is 2. The van der Waals surface area contributed by atoms with E-state index in [4.69, 9.17) is 16.4 Å². The van der Waals surface area contributed by atoms with Crippen molar-refractivity contribution < 1.29 is 19.2 Å². The van der Waals surface area contributed by atoms with Crippen LogP contribution >= 0.6 is 11.6 Å². The number of hydroxylamine groups is 2. The van der Waals surface area contributed by atoms with Crippen molar-refractivity contribution in [2.45, 2.75) is 19.4 Å². The number of nitrogens with zero attached hydrogens (tertiary/aromatic N) is 2. The fourth-order valence-corrected chi connectivity index (χ4v) is 3.44. The Labute approximate surface area is 167 Å². The number of imide groups is 1. The van der Waals surface area contributed by atoms with E-state index in [9.17, 15) is 24.0 Å². The summed E-state index contributed by atoms with van der Waals surface area (Å²) >= 11 is 6.03. The highest BCUT2D eigenvalue weighted by atomic mass is 35.5. The number of aromatic nitrogens is 1. The number of halogens is 1. The number of hydrogen-bond acceptors (Lipinski definition) is 6. The first-order valence-electron chi connectivity index (χ1n) is 8.68. The summed E-state index contributed by atoms with van der Waals surface area (Å²) in [5.74, 6) is -2.24. The molecule has 3 aromatic rings. The van der Waals surface area contributed by atoms with Gasteiger partial charge in [-0.1, -0.05) is 29.8 Å². The van der Waals surface area contributed by atoms with Crippen LogP contribution in [0, 0.1) is 0 Å². The summed E-state index contributed by atoms with van der Waals surface area (Å²) < 4.78 is 1.07. The molecule has 0 unspecified atom stereocenters. The molecule has 8 nitrogen and oxygen atoms in total. The Hall–Kier alpha value is -3.52. The van der Waals surface area contributed by atoms with Gasteiger partial charge in [0.25, 0.3) is 17.4 Å². The second kappa shape index (κ2) is 7.14. The van der Waals surface area contributed by atoms with Crippen molar-refractivity contribution in [1.82, 2.24) is 9.63 Å². The molecule has 0 spiro atoms. The van der Waals surface area contributed by atoms with Crippen molar-refractivity contribution >= 4 is 51.1 Å². The molecule has 0 bridgehead atoms. The molecule has 2 aromatic carbocycles. The number of benzene rings is 2. The summed E-state index contributed by atoms with van der Waals surface area (Å²) in [6.07, 6.45) is -0.0874. The van der Waals surface area contributed by atoms with Crippen molar-refractivity contribution in [3.8, 4) is 0 Å². The standard InChI is InChI=1S/C20H13ClN2O6/c21-11-5-6-15-14(9-11)19(27)12-3-1-2-4-13(12)20(28)22(15)10-18(26)29-23-16(24)7-8-17(23)25/h1-6,9H,7-8,10H2. The third-order valence-corrected chi connectivity index (χ3v) is 4.86. The molecule has 29 heavy (non-hydrogen) atoms. The van der Waals surface area contributed by atoms with Gasteiger partial charge in [0.15, 0.2) is 5.43 Å². The van der Waals surface area contributed by atoms with Gasteiger partial charge in [-0.3, -0.25) is 23.7 Å². The van der Waals surface area contributed by atoms with Gasteiger partial charge in [0, 0.05) is 28.6 Å². The van der Waals surface area contributed by atoms with Crippen LogP contribution in [0.4, 0.5) is 0 Å². The summed E-state index contributed by atoms with van der Waals surface area (Å²) in [6, 6.07) is 10.6. The number of rotatable bonds is 3. The van der Waals surface area contributed by atoms with Gasteiger partial charge < -0.3 is 4.84 Å². The van der Waals surface area contributed by atoms with Crippen molar-refractivity contribution in [1.29, 1.82) is 0 Å². The molecular weight excluding hydrogens is 400 g/mol. The van der Waals surface area contributed by atoms with Gasteiger partial charge >= 0.3 is 5.97 Å². The van der Waals surface area contributed by atoms with Crippen LogP contribution in [-0.2, 0) is 25.8 Å². The minimum absolute atomic E-state index is 0.0437. The maximum absolute atomic E-state index is 13.1. The molecule has 0 N–H and O–H groups in total. The lowest BCUT2D eigenvalue weighted by molar-refractivity contribution is -0.197. The molecule has 0 atom stereocenters. The lowest BCUT2D eigenvalue weighted by Crippen LogP contribution is -2.34. The molecule has 1 aliphatic heterocycles. The van der Waals surface area contributed by atoms with Gasteiger partial charge in [-0.05, 0) is 24.3 Å². The van der Waals surface area contributed by atoms with Gasteiger partial charge in [-0.25, -0.2) is 4.79 Å². The van der Waals surface area contributed by atoms with Crippen LogP contribution in [-0.4, -0.2) is 27.4 Å². The van der Waals surface area contributed by atoms with Gasteiger partial charge in [0.2, 0.25) is 0 Å². The van der Waals surface area contributed by atoms with Crippen LogP contribution < -0.4 is 11.0 Å². The quantitative estimate of drug-likeness (QED) is 0.607. The van der Waals surface area contributed by atoms with Crippen molar-refractivity contribution in [3.05, 3.63) is 68.1 Å². The lowest BCUT2D eigenvalue weighted by Gasteiger charge is -2.13. The zero-order chi connectivity index (χ0) is 20.7. The van der Waals surface area contributed by atoms with E-state index >= 15 is 0 Å². The van der Waals surface area contributed by atoms with Crippen LogP contribution in [0.3, 0.4) is 0 Å². The van der Waals surface area contributed by atoms with E-state index in [0.717, 1.165) is 4.57 Å². The SMILES string of the molecule is O=C(Cn1c(=O)c2ccccc2c(=O)c2cc(Cl)ccc21)ON1C(=O)CCC1=O. The third-order valence-electron chi connectivity index (χ3n) is 4.63. The smallest absolute Gasteiger partial charge is 0.328 e. The van der Waals surface area contributed by atoms with E-state index in [0.29, 0.717) is 10.1 Å². The highest BCUT2D eigenvalue weighted by molar-refractivity contribution is 6.31. The Balaban J connectivity index is 1.90. The van der Waals surface area contributed by atoms with Crippen molar-refractivity contribution in [2.75, 3.05) is 0 Å². The Morgan fingerprint density at radius 2 is 1.59 bits per heavy atom. The monoisotopic (exact) mass is 412 g/mol. The number of fused-ring (bicyclic) bond motifs is 2. The fourth-order valence-electron chi connectivity index (χ4n) is 3.27. The summed E-state index contributed by atoms with van der Waals surface area (Å²) in [4.78, 5) is 66.7. The summed E-state index contributed by atoms with van der Waals surface area (Å²) in [6.45, 7) is -0.605.